The van der Waals surface area contributed by atoms with Crippen LogP contribution in [0.5, 0.6) is 0 Å². The number of rotatable bonds is 7. The Morgan fingerprint density at radius 1 is 1.26 bits per heavy atom. The van der Waals surface area contributed by atoms with Crippen molar-refractivity contribution in [3.63, 3.8) is 0 Å². The van der Waals surface area contributed by atoms with Gasteiger partial charge in [0.2, 0.25) is 5.91 Å². The van der Waals surface area contributed by atoms with E-state index in [2.05, 4.69) is 0 Å². The van der Waals surface area contributed by atoms with E-state index < -0.39 is 23.5 Å². The van der Waals surface area contributed by atoms with E-state index in [1.165, 1.54) is 17.0 Å². The molecule has 1 saturated carbocycles. The van der Waals surface area contributed by atoms with Gasteiger partial charge in [0.1, 0.15) is 18.2 Å². The van der Waals surface area contributed by atoms with E-state index in [-0.39, 0.29) is 18.4 Å². The number of amides is 1. The van der Waals surface area contributed by atoms with Crippen molar-refractivity contribution < 1.29 is 23.5 Å². The van der Waals surface area contributed by atoms with Crippen molar-refractivity contribution in [2.75, 3.05) is 33.7 Å². The fraction of sp³-hybridized carbons (Fsp3) is 0.500. The lowest BCUT2D eigenvalue weighted by Gasteiger charge is -2.23. The molecule has 1 fully saturated rings. The Morgan fingerprint density at radius 3 is 2.52 bits per heavy atom. The number of carbonyl (C=O) groups excluding carboxylic acids is 1. The fourth-order valence-electron chi connectivity index (χ4n) is 2.60. The summed E-state index contributed by atoms with van der Waals surface area (Å²) in [5.41, 5.74) is 0.313. The SMILES string of the molecule is CN(C)CCN(CC(=O)O)C(=O)[C@@H]1C[C@@H]1c1ccc(F)cc1F. The Labute approximate surface area is 133 Å². The molecule has 0 aromatic heterocycles. The van der Waals surface area contributed by atoms with Gasteiger partial charge in [-0.1, -0.05) is 6.07 Å². The Hall–Kier alpha value is -2.02. The number of nitrogens with zero attached hydrogens (tertiary/aromatic N) is 2. The summed E-state index contributed by atoms with van der Waals surface area (Å²) in [6.45, 7) is 0.469. The first-order valence-electron chi connectivity index (χ1n) is 7.40. The molecule has 2 atom stereocenters. The number of likely N-dealkylation sites (N-methyl/N-ethyl adjacent to an activating group) is 1. The third-order valence-corrected chi connectivity index (χ3v) is 3.92. The maximum absolute atomic E-state index is 13.8. The van der Waals surface area contributed by atoms with Crippen LogP contribution in [0.15, 0.2) is 18.2 Å². The average molecular weight is 326 g/mol. The molecule has 0 unspecified atom stereocenters. The van der Waals surface area contributed by atoms with Gasteiger partial charge in [0.05, 0.1) is 0 Å². The summed E-state index contributed by atoms with van der Waals surface area (Å²) in [4.78, 5) is 26.5. The standard InChI is InChI=1S/C16H20F2N2O3/c1-19(2)5-6-20(9-15(21)22)16(23)13-8-12(13)11-4-3-10(17)7-14(11)18/h3-4,7,12-13H,5-6,8-9H2,1-2H3,(H,21,22)/t12-,13-/m1/s1. The highest BCUT2D eigenvalue weighted by Gasteiger charge is 2.47. The van der Waals surface area contributed by atoms with Gasteiger partial charge in [-0.25, -0.2) is 8.78 Å². The van der Waals surface area contributed by atoms with E-state index in [0.717, 1.165) is 6.07 Å². The normalized spacial score (nSPS) is 19.7. The molecule has 1 aromatic carbocycles. The van der Waals surface area contributed by atoms with Gasteiger partial charge in [-0.05, 0) is 38.1 Å². The van der Waals surface area contributed by atoms with Gasteiger partial charge in [-0.3, -0.25) is 9.59 Å². The van der Waals surface area contributed by atoms with Crippen molar-refractivity contribution in [2.24, 2.45) is 5.92 Å². The molecule has 0 aliphatic heterocycles. The van der Waals surface area contributed by atoms with Crippen LogP contribution in [0.25, 0.3) is 0 Å². The molecular formula is C16H20F2N2O3. The first-order valence-corrected chi connectivity index (χ1v) is 7.40. The maximum atomic E-state index is 13.8. The van der Waals surface area contributed by atoms with Crippen LogP contribution < -0.4 is 0 Å². The van der Waals surface area contributed by atoms with Crippen LogP contribution in [-0.4, -0.2) is 60.5 Å². The molecule has 23 heavy (non-hydrogen) atoms. The second-order valence-corrected chi connectivity index (χ2v) is 6.07. The molecule has 0 spiro atoms. The Morgan fingerprint density at radius 2 is 1.96 bits per heavy atom. The number of benzene rings is 1. The third kappa shape index (κ3) is 4.48. The third-order valence-electron chi connectivity index (χ3n) is 3.92. The lowest BCUT2D eigenvalue weighted by Crippen LogP contribution is -2.41. The molecule has 126 valence electrons. The predicted octanol–water partition coefficient (Wildman–Crippen LogP) is 1.54. The van der Waals surface area contributed by atoms with Gasteiger partial charge in [-0.15, -0.1) is 0 Å². The number of carboxylic acids is 1. The van der Waals surface area contributed by atoms with E-state index in [9.17, 15) is 18.4 Å². The molecule has 0 heterocycles. The second-order valence-electron chi connectivity index (χ2n) is 6.07. The van der Waals surface area contributed by atoms with Crippen LogP contribution in [0.2, 0.25) is 0 Å². The van der Waals surface area contributed by atoms with Crippen molar-refractivity contribution in [1.82, 2.24) is 9.80 Å². The lowest BCUT2D eigenvalue weighted by atomic mass is 10.1. The van der Waals surface area contributed by atoms with Gasteiger partial charge in [0.15, 0.2) is 0 Å². The van der Waals surface area contributed by atoms with Crippen LogP contribution in [0, 0.1) is 17.6 Å². The summed E-state index contributed by atoms with van der Waals surface area (Å²) in [5.74, 6) is -3.43. The van der Waals surface area contributed by atoms with Crippen molar-refractivity contribution in [2.45, 2.75) is 12.3 Å². The molecule has 5 nitrogen and oxygen atoms in total. The van der Waals surface area contributed by atoms with E-state index in [1.54, 1.807) is 0 Å². The van der Waals surface area contributed by atoms with Crippen molar-refractivity contribution in [3.05, 3.63) is 35.4 Å². The van der Waals surface area contributed by atoms with Crippen LogP contribution in [-0.2, 0) is 9.59 Å². The van der Waals surface area contributed by atoms with Gasteiger partial charge in [-0.2, -0.15) is 0 Å². The highest BCUT2D eigenvalue weighted by atomic mass is 19.1. The smallest absolute Gasteiger partial charge is 0.323 e. The number of hydrogen-bond acceptors (Lipinski definition) is 3. The van der Waals surface area contributed by atoms with Crippen LogP contribution in [0.3, 0.4) is 0 Å². The molecule has 1 aromatic rings. The number of halogens is 2. The molecule has 1 amide bonds. The minimum absolute atomic E-state index is 0.289. The van der Waals surface area contributed by atoms with E-state index >= 15 is 0 Å². The summed E-state index contributed by atoms with van der Waals surface area (Å²) < 4.78 is 26.7. The maximum Gasteiger partial charge on any atom is 0.323 e. The van der Waals surface area contributed by atoms with Crippen LogP contribution in [0.4, 0.5) is 8.78 Å². The fourth-order valence-corrected chi connectivity index (χ4v) is 2.60. The topological polar surface area (TPSA) is 60.9 Å². The molecule has 1 N–H and O–H groups in total. The first-order chi connectivity index (χ1) is 10.8. The highest BCUT2D eigenvalue weighted by Crippen LogP contribution is 2.49. The quantitative estimate of drug-likeness (QED) is 0.826. The molecule has 0 saturated heterocycles. The highest BCUT2D eigenvalue weighted by molar-refractivity contribution is 5.86. The zero-order valence-electron chi connectivity index (χ0n) is 13.1. The number of carbonyl (C=O) groups is 2. The summed E-state index contributed by atoms with van der Waals surface area (Å²) in [6.07, 6.45) is 0.458. The average Bonchev–Trinajstić information content (AvgIpc) is 3.22. The van der Waals surface area contributed by atoms with E-state index in [4.69, 9.17) is 5.11 Å². The molecule has 0 radical (unpaired) electrons. The van der Waals surface area contributed by atoms with Crippen LogP contribution in [0.1, 0.15) is 17.9 Å². The lowest BCUT2D eigenvalue weighted by molar-refractivity contribution is -0.145. The zero-order valence-corrected chi connectivity index (χ0v) is 13.1. The van der Waals surface area contributed by atoms with Gasteiger partial charge < -0.3 is 14.9 Å². The Balaban J connectivity index is 2.05. The number of aliphatic carboxylic acids is 1. The molecule has 0 bridgehead atoms. The minimum atomic E-state index is -1.08. The summed E-state index contributed by atoms with van der Waals surface area (Å²) in [5, 5.41) is 8.95. The largest absolute Gasteiger partial charge is 0.480 e. The van der Waals surface area contributed by atoms with Gasteiger partial charge in [0.25, 0.3) is 0 Å². The molecule has 1 aliphatic rings. The summed E-state index contributed by atoms with van der Waals surface area (Å²) in [7, 11) is 3.66. The van der Waals surface area contributed by atoms with Crippen molar-refractivity contribution in [3.8, 4) is 0 Å². The van der Waals surface area contributed by atoms with Crippen molar-refractivity contribution in [1.29, 1.82) is 0 Å². The molecule has 1 aliphatic carbocycles. The van der Waals surface area contributed by atoms with E-state index in [0.29, 0.717) is 25.1 Å². The zero-order chi connectivity index (χ0) is 17.1. The van der Waals surface area contributed by atoms with Crippen LogP contribution >= 0.6 is 0 Å². The van der Waals surface area contributed by atoms with Gasteiger partial charge >= 0.3 is 5.97 Å². The summed E-state index contributed by atoms with van der Waals surface area (Å²) >= 11 is 0. The monoisotopic (exact) mass is 326 g/mol. The first kappa shape index (κ1) is 17.3. The Kier molecular flexibility index (Phi) is 5.30. The van der Waals surface area contributed by atoms with Gasteiger partial charge in [0, 0.05) is 25.1 Å². The van der Waals surface area contributed by atoms with Crippen molar-refractivity contribution >= 4 is 11.9 Å². The Bertz CT molecular complexity index is 607. The minimum Gasteiger partial charge on any atom is -0.480 e. The molecular weight excluding hydrogens is 306 g/mol. The summed E-state index contributed by atoms with van der Waals surface area (Å²) in [6, 6.07) is 3.32. The predicted molar refractivity (Wildman–Crippen MR) is 80.0 cm³/mol. The molecule has 7 heteroatoms. The number of hydrogen-bond donors (Lipinski definition) is 1. The molecule has 2 rings (SSSR count). The number of carboxylic acid groups (broad SMARTS) is 1. The second kappa shape index (κ2) is 7.04. The van der Waals surface area contributed by atoms with E-state index in [1.807, 2.05) is 19.0 Å².